The van der Waals surface area contributed by atoms with E-state index in [1.54, 1.807) is 0 Å². The maximum atomic E-state index is 5.56. The Morgan fingerprint density at radius 1 is 1.33 bits per heavy atom. The molecule has 0 atom stereocenters. The number of hydrogen-bond acceptors (Lipinski definition) is 4. The Kier molecular flexibility index (Phi) is 3.43. The van der Waals surface area contributed by atoms with E-state index < -0.39 is 0 Å². The van der Waals surface area contributed by atoms with Gasteiger partial charge in [0.05, 0.1) is 5.69 Å². The van der Waals surface area contributed by atoms with Crippen LogP contribution in [0.1, 0.15) is 29.7 Å². The highest BCUT2D eigenvalue weighted by atomic mass is 16.5. The summed E-state index contributed by atoms with van der Waals surface area (Å²) in [5.74, 6) is 0.865. The smallest absolute Gasteiger partial charge is 0.170 e. The Bertz CT molecular complexity index is 643. The van der Waals surface area contributed by atoms with Gasteiger partial charge < -0.3 is 9.84 Å². The van der Waals surface area contributed by atoms with Gasteiger partial charge >= 0.3 is 0 Å². The first-order chi connectivity index (χ1) is 10.3. The summed E-state index contributed by atoms with van der Waals surface area (Å²) in [6.45, 7) is 7.85. The van der Waals surface area contributed by atoms with Crippen molar-refractivity contribution in [3.63, 3.8) is 0 Å². The fourth-order valence-electron chi connectivity index (χ4n) is 3.82. The van der Waals surface area contributed by atoms with E-state index >= 15 is 0 Å². The highest BCUT2D eigenvalue weighted by Crippen LogP contribution is 2.29. The van der Waals surface area contributed by atoms with Crippen LogP contribution in [-0.4, -0.2) is 36.2 Å². The first-order valence-electron chi connectivity index (χ1n) is 8.11. The van der Waals surface area contributed by atoms with Gasteiger partial charge in [-0.1, -0.05) is 11.2 Å². The normalized spacial score (nSPS) is 20.8. The van der Waals surface area contributed by atoms with Crippen molar-refractivity contribution < 1.29 is 4.52 Å². The number of aryl methyl sites for hydroxylation is 1. The van der Waals surface area contributed by atoms with Crippen LogP contribution in [0.3, 0.4) is 0 Å². The second-order valence-electron chi connectivity index (χ2n) is 6.53. The molecular formula is C17H23N3O. The largest absolute Gasteiger partial charge is 0.356 e. The SMILES string of the molecule is Cc1noc2c3c(ccc12)CN(CC1CCNCC1)CC3. The van der Waals surface area contributed by atoms with Gasteiger partial charge in [-0.05, 0) is 56.8 Å². The summed E-state index contributed by atoms with van der Waals surface area (Å²) in [5.41, 5.74) is 4.84. The maximum absolute atomic E-state index is 5.56. The fraction of sp³-hybridized carbons (Fsp3) is 0.588. The molecule has 0 spiro atoms. The predicted octanol–water partition coefficient (Wildman–Crippen LogP) is 2.49. The van der Waals surface area contributed by atoms with Crippen molar-refractivity contribution in [1.82, 2.24) is 15.4 Å². The minimum atomic E-state index is 0.865. The Labute approximate surface area is 125 Å². The van der Waals surface area contributed by atoms with Crippen LogP contribution in [0.4, 0.5) is 0 Å². The molecule has 2 aliphatic heterocycles. The Balaban J connectivity index is 1.53. The summed E-state index contributed by atoms with van der Waals surface area (Å²) in [5, 5.41) is 8.75. The molecule has 0 bridgehead atoms. The average molecular weight is 285 g/mol. The number of nitrogens with zero attached hydrogens (tertiary/aromatic N) is 2. The quantitative estimate of drug-likeness (QED) is 0.920. The molecule has 112 valence electrons. The Hall–Kier alpha value is -1.39. The van der Waals surface area contributed by atoms with Crippen molar-refractivity contribution in [2.24, 2.45) is 5.92 Å². The summed E-state index contributed by atoms with van der Waals surface area (Å²) < 4.78 is 5.56. The number of aromatic nitrogens is 1. The van der Waals surface area contributed by atoms with Crippen LogP contribution in [0.5, 0.6) is 0 Å². The van der Waals surface area contributed by atoms with Crippen LogP contribution in [0.2, 0.25) is 0 Å². The zero-order valence-corrected chi connectivity index (χ0v) is 12.7. The lowest BCUT2D eigenvalue weighted by molar-refractivity contribution is 0.191. The van der Waals surface area contributed by atoms with Gasteiger partial charge in [0.15, 0.2) is 5.58 Å². The minimum absolute atomic E-state index is 0.865. The molecule has 4 nitrogen and oxygen atoms in total. The third-order valence-corrected chi connectivity index (χ3v) is 5.07. The van der Waals surface area contributed by atoms with Gasteiger partial charge in [-0.3, -0.25) is 4.90 Å². The first-order valence-corrected chi connectivity index (χ1v) is 8.11. The second-order valence-corrected chi connectivity index (χ2v) is 6.53. The van der Waals surface area contributed by atoms with Crippen LogP contribution >= 0.6 is 0 Å². The van der Waals surface area contributed by atoms with Crippen molar-refractivity contribution in [2.75, 3.05) is 26.2 Å². The number of piperidine rings is 1. The van der Waals surface area contributed by atoms with E-state index in [1.165, 1.54) is 49.0 Å². The zero-order valence-electron chi connectivity index (χ0n) is 12.7. The Morgan fingerprint density at radius 3 is 3.05 bits per heavy atom. The summed E-state index contributed by atoms with van der Waals surface area (Å²) in [7, 11) is 0. The second kappa shape index (κ2) is 5.43. The monoisotopic (exact) mass is 285 g/mol. The van der Waals surface area contributed by atoms with Gasteiger partial charge in [0.2, 0.25) is 0 Å². The van der Waals surface area contributed by atoms with E-state index in [9.17, 15) is 0 Å². The average Bonchev–Trinajstić information content (AvgIpc) is 2.90. The molecule has 4 rings (SSSR count). The lowest BCUT2D eigenvalue weighted by Crippen LogP contribution is -2.38. The molecule has 1 aromatic heterocycles. The number of rotatable bonds is 2. The van der Waals surface area contributed by atoms with Crippen molar-refractivity contribution in [2.45, 2.75) is 32.7 Å². The van der Waals surface area contributed by atoms with E-state index in [0.717, 1.165) is 36.7 Å². The summed E-state index contributed by atoms with van der Waals surface area (Å²) in [6.07, 6.45) is 3.74. The van der Waals surface area contributed by atoms with Crippen molar-refractivity contribution in [3.8, 4) is 0 Å². The molecule has 0 aliphatic carbocycles. The third-order valence-electron chi connectivity index (χ3n) is 5.07. The molecule has 2 aliphatic rings. The summed E-state index contributed by atoms with van der Waals surface area (Å²) >= 11 is 0. The van der Waals surface area contributed by atoms with Crippen molar-refractivity contribution in [3.05, 3.63) is 29.0 Å². The lowest BCUT2D eigenvalue weighted by Gasteiger charge is -2.33. The minimum Gasteiger partial charge on any atom is -0.356 e. The zero-order chi connectivity index (χ0) is 14.2. The van der Waals surface area contributed by atoms with Gasteiger partial charge in [0.1, 0.15) is 0 Å². The Morgan fingerprint density at radius 2 is 2.19 bits per heavy atom. The molecule has 1 N–H and O–H groups in total. The standard InChI is InChI=1S/C17H23N3O/c1-12-15-3-2-14-11-20(10-13-4-7-18-8-5-13)9-6-16(14)17(15)21-19-12/h2-3,13,18H,4-11H2,1H3. The van der Waals surface area contributed by atoms with Crippen molar-refractivity contribution in [1.29, 1.82) is 0 Å². The molecule has 1 saturated heterocycles. The molecule has 4 heteroatoms. The van der Waals surface area contributed by atoms with Gasteiger partial charge in [0, 0.05) is 30.6 Å². The van der Waals surface area contributed by atoms with Gasteiger partial charge in [-0.25, -0.2) is 0 Å². The van der Waals surface area contributed by atoms with E-state index in [4.69, 9.17) is 4.52 Å². The van der Waals surface area contributed by atoms with Crippen LogP contribution < -0.4 is 5.32 Å². The van der Waals surface area contributed by atoms with Gasteiger partial charge in [-0.15, -0.1) is 0 Å². The number of nitrogens with one attached hydrogen (secondary N) is 1. The molecular weight excluding hydrogens is 262 g/mol. The van der Waals surface area contributed by atoms with Crippen molar-refractivity contribution >= 4 is 11.0 Å². The van der Waals surface area contributed by atoms with Crippen LogP contribution in [0.15, 0.2) is 16.7 Å². The molecule has 0 radical (unpaired) electrons. The molecule has 2 aromatic rings. The summed E-state index contributed by atoms with van der Waals surface area (Å²) in [4.78, 5) is 2.62. The molecule has 3 heterocycles. The fourth-order valence-corrected chi connectivity index (χ4v) is 3.82. The van der Waals surface area contributed by atoms with Gasteiger partial charge in [-0.2, -0.15) is 0 Å². The van der Waals surface area contributed by atoms with E-state index in [0.29, 0.717) is 0 Å². The number of fused-ring (bicyclic) bond motifs is 3. The number of hydrogen-bond donors (Lipinski definition) is 1. The highest BCUT2D eigenvalue weighted by Gasteiger charge is 2.23. The maximum Gasteiger partial charge on any atom is 0.170 e. The molecule has 0 unspecified atom stereocenters. The van der Waals surface area contributed by atoms with E-state index in [2.05, 4.69) is 27.5 Å². The molecule has 21 heavy (non-hydrogen) atoms. The van der Waals surface area contributed by atoms with E-state index in [1.807, 2.05) is 6.92 Å². The highest BCUT2D eigenvalue weighted by molar-refractivity contribution is 5.83. The number of benzene rings is 1. The van der Waals surface area contributed by atoms with E-state index in [-0.39, 0.29) is 0 Å². The molecule has 0 amide bonds. The molecule has 1 aromatic carbocycles. The molecule has 1 fully saturated rings. The third kappa shape index (κ3) is 2.47. The first kappa shape index (κ1) is 13.3. The summed E-state index contributed by atoms with van der Waals surface area (Å²) in [6, 6.07) is 4.45. The van der Waals surface area contributed by atoms with Crippen LogP contribution in [0, 0.1) is 12.8 Å². The van der Waals surface area contributed by atoms with Gasteiger partial charge in [0.25, 0.3) is 0 Å². The van der Waals surface area contributed by atoms with Crippen LogP contribution in [-0.2, 0) is 13.0 Å². The van der Waals surface area contributed by atoms with Crippen LogP contribution in [0.25, 0.3) is 11.0 Å². The predicted molar refractivity (Wildman–Crippen MR) is 83.3 cm³/mol. The molecule has 0 saturated carbocycles. The topological polar surface area (TPSA) is 41.3 Å². The lowest BCUT2D eigenvalue weighted by atomic mass is 9.93.